The number of nitrogens with one attached hydrogen (secondary N) is 1. The second-order valence-electron chi connectivity index (χ2n) is 5.79. The van der Waals surface area contributed by atoms with E-state index >= 15 is 0 Å². The number of carbonyl (C=O) groups is 1. The summed E-state index contributed by atoms with van der Waals surface area (Å²) in [6.45, 7) is 0. The quantitative estimate of drug-likeness (QED) is 0.388. The molecule has 0 aliphatic rings. The number of nitrogens with zero attached hydrogens (tertiary/aromatic N) is 1. The molecule has 0 unspecified atom stereocenters. The van der Waals surface area contributed by atoms with Gasteiger partial charge in [-0.2, -0.15) is 74.6 Å². The number of halogens is 17. The van der Waals surface area contributed by atoms with Gasteiger partial charge in [0.1, 0.15) is 0 Å². The zero-order valence-electron chi connectivity index (χ0n) is 15.2. The summed E-state index contributed by atoms with van der Waals surface area (Å²) < 4.78 is 224. The van der Waals surface area contributed by atoms with Gasteiger partial charge in [0, 0.05) is 11.6 Å². The minimum Gasteiger partial charge on any atom is -0.297 e. The van der Waals surface area contributed by atoms with Gasteiger partial charge < -0.3 is 0 Å². The van der Waals surface area contributed by atoms with Crippen LogP contribution in [0.4, 0.5) is 79.8 Å². The fourth-order valence-electron chi connectivity index (χ4n) is 1.63. The van der Waals surface area contributed by atoms with Crippen molar-refractivity contribution in [1.82, 2.24) is 4.98 Å². The summed E-state index contributed by atoms with van der Waals surface area (Å²) in [6.07, 6.45) is -37.9. The third kappa shape index (κ3) is 5.49. The molecule has 0 saturated carbocycles. The summed E-state index contributed by atoms with van der Waals surface area (Å²) in [6, 6.07) is 0. The van der Waals surface area contributed by atoms with Gasteiger partial charge in [0.25, 0.3) is 0 Å². The molecule has 1 aromatic heterocycles. The molecule has 0 aliphatic carbocycles. The molecule has 1 heterocycles. The third-order valence-corrected chi connectivity index (χ3v) is 4.00. The Morgan fingerprint density at radius 1 is 0.714 bits per heavy atom. The van der Waals surface area contributed by atoms with Crippen molar-refractivity contribution in [1.29, 1.82) is 0 Å². The van der Waals surface area contributed by atoms with Crippen LogP contribution in [0.1, 0.15) is 0 Å². The normalized spacial score (nSPS) is 18.1. The van der Waals surface area contributed by atoms with Crippen molar-refractivity contribution >= 4 is 22.4 Å². The van der Waals surface area contributed by atoms with Gasteiger partial charge in [-0.05, 0) is 0 Å². The van der Waals surface area contributed by atoms with Crippen LogP contribution >= 0.6 is 11.3 Å². The summed E-state index contributed by atoms with van der Waals surface area (Å²) >= 11 is 0.131. The molecule has 0 spiro atoms. The molecule has 0 fully saturated rings. The van der Waals surface area contributed by atoms with E-state index in [4.69, 9.17) is 0 Å². The third-order valence-electron chi connectivity index (χ3n) is 3.31. The standard InChI is InChI=1S/C12H3F17N2O3S/c13-5(8(17,18)19,3(32)31-4-30-1-2-35-4)33-12(28,29)7(16,10(23,24)25)34-11(26,27)6(14,15)9(20,21)22/h1-2H,(H,30,31,32)/t5-,7+/m1/s1. The molecule has 0 aromatic carbocycles. The highest BCUT2D eigenvalue weighted by Crippen LogP contribution is 2.56. The van der Waals surface area contributed by atoms with Crippen LogP contribution < -0.4 is 5.32 Å². The summed E-state index contributed by atoms with van der Waals surface area (Å²) in [7, 11) is 0. The molecule has 1 N–H and O–H groups in total. The summed E-state index contributed by atoms with van der Waals surface area (Å²) in [5.74, 6) is -26.3. The molecule has 5 nitrogen and oxygen atoms in total. The van der Waals surface area contributed by atoms with E-state index in [0.717, 1.165) is 10.7 Å². The van der Waals surface area contributed by atoms with Crippen LogP contribution in [0.3, 0.4) is 0 Å². The first-order valence-electron chi connectivity index (χ1n) is 7.49. The number of alkyl halides is 17. The first-order chi connectivity index (χ1) is 15.2. The monoisotopic (exact) mass is 578 g/mol. The number of aromatic nitrogens is 1. The molecule has 0 saturated heterocycles. The van der Waals surface area contributed by atoms with Gasteiger partial charge in [-0.25, -0.2) is 4.98 Å². The Kier molecular flexibility index (Phi) is 7.71. The smallest absolute Gasteiger partial charge is 0.297 e. The number of thiazole rings is 1. The van der Waals surface area contributed by atoms with Gasteiger partial charge in [-0.1, -0.05) is 0 Å². The van der Waals surface area contributed by atoms with E-state index in [-0.39, 0.29) is 11.3 Å². The van der Waals surface area contributed by atoms with Crippen LogP contribution in [0, 0.1) is 0 Å². The van der Waals surface area contributed by atoms with Crippen LogP contribution in [0.5, 0.6) is 0 Å². The van der Waals surface area contributed by atoms with Crippen LogP contribution in [0.25, 0.3) is 0 Å². The first-order valence-corrected chi connectivity index (χ1v) is 8.37. The van der Waals surface area contributed by atoms with Crippen molar-refractivity contribution in [3.05, 3.63) is 11.6 Å². The lowest BCUT2D eigenvalue weighted by atomic mass is 10.2. The van der Waals surface area contributed by atoms with Crippen molar-refractivity contribution in [2.24, 2.45) is 0 Å². The van der Waals surface area contributed by atoms with Gasteiger partial charge in [-0.3, -0.25) is 19.6 Å². The Balaban J connectivity index is 3.60. The average Bonchev–Trinajstić information content (AvgIpc) is 3.10. The molecule has 204 valence electrons. The highest BCUT2D eigenvalue weighted by molar-refractivity contribution is 7.13. The maximum Gasteiger partial charge on any atom is 0.462 e. The molecule has 0 bridgehead atoms. The molecule has 0 radical (unpaired) electrons. The fraction of sp³-hybridized carbons (Fsp3) is 0.667. The second kappa shape index (κ2) is 8.74. The Morgan fingerprint density at radius 2 is 1.20 bits per heavy atom. The lowest BCUT2D eigenvalue weighted by Crippen LogP contribution is -2.68. The molecule has 1 amide bonds. The highest BCUT2D eigenvalue weighted by atomic mass is 32.1. The lowest BCUT2D eigenvalue weighted by Gasteiger charge is -2.40. The van der Waals surface area contributed by atoms with E-state index < -0.39 is 59.4 Å². The van der Waals surface area contributed by atoms with E-state index in [2.05, 4.69) is 4.98 Å². The maximum atomic E-state index is 14.2. The first kappa shape index (κ1) is 30.9. The lowest BCUT2D eigenvalue weighted by molar-refractivity contribution is -0.548. The number of amides is 1. The van der Waals surface area contributed by atoms with Crippen molar-refractivity contribution in [3.8, 4) is 0 Å². The Bertz CT molecular complexity index is 896. The average molecular weight is 578 g/mol. The number of ether oxygens (including phenoxy) is 2. The number of rotatable bonds is 8. The van der Waals surface area contributed by atoms with Crippen molar-refractivity contribution in [2.75, 3.05) is 5.32 Å². The summed E-state index contributed by atoms with van der Waals surface area (Å²) in [4.78, 5) is 14.4. The predicted molar refractivity (Wildman–Crippen MR) is 73.6 cm³/mol. The molecule has 2 atom stereocenters. The van der Waals surface area contributed by atoms with Gasteiger partial charge >= 0.3 is 54.3 Å². The number of anilines is 1. The van der Waals surface area contributed by atoms with E-state index in [1.807, 2.05) is 4.74 Å². The van der Waals surface area contributed by atoms with Crippen molar-refractivity contribution < 1.29 is 88.9 Å². The van der Waals surface area contributed by atoms with Gasteiger partial charge in [0.15, 0.2) is 5.13 Å². The summed E-state index contributed by atoms with van der Waals surface area (Å²) in [5.41, 5.74) is 0. The van der Waals surface area contributed by atoms with E-state index in [1.54, 1.807) is 0 Å². The molecule has 1 aromatic rings. The van der Waals surface area contributed by atoms with Crippen molar-refractivity contribution in [3.63, 3.8) is 0 Å². The van der Waals surface area contributed by atoms with Gasteiger partial charge in [0.05, 0.1) is 0 Å². The van der Waals surface area contributed by atoms with Crippen LogP contribution in [-0.4, -0.2) is 59.3 Å². The number of carbonyl (C=O) groups excluding carboxylic acids is 1. The molecule has 35 heavy (non-hydrogen) atoms. The molecule has 23 heteroatoms. The molecular weight excluding hydrogens is 575 g/mol. The number of hydrogen-bond donors (Lipinski definition) is 1. The van der Waals surface area contributed by atoms with Crippen molar-refractivity contribution in [2.45, 2.75) is 48.4 Å². The summed E-state index contributed by atoms with van der Waals surface area (Å²) in [5, 5.41) is 0.486. The Morgan fingerprint density at radius 3 is 1.54 bits per heavy atom. The van der Waals surface area contributed by atoms with Crippen LogP contribution in [0.15, 0.2) is 11.6 Å². The largest absolute Gasteiger partial charge is 0.462 e. The Hall–Kier alpha value is -2.17. The predicted octanol–water partition coefficient (Wildman–Crippen LogP) is 5.95. The zero-order valence-corrected chi connectivity index (χ0v) is 16.0. The molecule has 1 rings (SSSR count). The SMILES string of the molecule is O=C(Nc1nccs1)[C@@](F)(OC(F)(F)[C@@](F)(OC(F)(F)C(F)(F)C(F)(F)F)C(F)(F)F)C(F)(F)F. The highest BCUT2D eigenvalue weighted by Gasteiger charge is 2.85. The molecular formula is C12H3F17N2O3S. The fourth-order valence-corrected chi connectivity index (χ4v) is 2.15. The van der Waals surface area contributed by atoms with E-state index in [1.165, 1.54) is 4.74 Å². The van der Waals surface area contributed by atoms with E-state index in [0.29, 0.717) is 6.20 Å². The zero-order chi connectivity index (χ0) is 28.1. The van der Waals surface area contributed by atoms with E-state index in [9.17, 15) is 79.4 Å². The van der Waals surface area contributed by atoms with Gasteiger partial charge in [-0.15, -0.1) is 11.3 Å². The minimum atomic E-state index is -8.05. The Labute approximate surface area is 182 Å². The minimum absolute atomic E-state index is 0.131. The maximum absolute atomic E-state index is 14.2. The second-order valence-corrected chi connectivity index (χ2v) is 6.68. The molecule has 0 aliphatic heterocycles. The topological polar surface area (TPSA) is 60.5 Å². The van der Waals surface area contributed by atoms with Gasteiger partial charge in [0.2, 0.25) is 0 Å². The number of hydrogen-bond acceptors (Lipinski definition) is 5. The van der Waals surface area contributed by atoms with Crippen LogP contribution in [0.2, 0.25) is 0 Å². The van der Waals surface area contributed by atoms with Crippen LogP contribution in [-0.2, 0) is 14.3 Å².